The summed E-state index contributed by atoms with van der Waals surface area (Å²) in [6.07, 6.45) is 2.70. The van der Waals surface area contributed by atoms with E-state index in [-0.39, 0.29) is 0 Å². The third-order valence-electron chi connectivity index (χ3n) is 3.44. The normalized spacial score (nSPS) is 10.3. The molecule has 0 atom stereocenters. The van der Waals surface area contributed by atoms with E-state index in [9.17, 15) is 0 Å². The van der Waals surface area contributed by atoms with E-state index < -0.39 is 0 Å². The first-order chi connectivity index (χ1) is 11.3. The van der Waals surface area contributed by atoms with Gasteiger partial charge in [0.2, 0.25) is 5.95 Å². The first-order valence-electron chi connectivity index (χ1n) is 7.46. The van der Waals surface area contributed by atoms with E-state index >= 15 is 0 Å². The summed E-state index contributed by atoms with van der Waals surface area (Å²) in [4.78, 5) is 8.83. The molecule has 1 heterocycles. The second kappa shape index (κ2) is 7.24. The number of rotatable bonds is 5. The van der Waals surface area contributed by atoms with Gasteiger partial charge in [-0.1, -0.05) is 37.3 Å². The molecule has 2 aromatic carbocycles. The van der Waals surface area contributed by atoms with Crippen molar-refractivity contribution in [1.29, 1.82) is 0 Å². The van der Waals surface area contributed by atoms with E-state index in [4.69, 9.17) is 0 Å². The zero-order chi connectivity index (χ0) is 16.1. The molecule has 4 nitrogen and oxygen atoms in total. The Balaban J connectivity index is 1.81. The van der Waals surface area contributed by atoms with E-state index in [1.54, 1.807) is 6.20 Å². The fourth-order valence-electron chi connectivity index (χ4n) is 2.26. The van der Waals surface area contributed by atoms with Gasteiger partial charge in [-0.05, 0) is 52.2 Å². The third-order valence-corrected chi connectivity index (χ3v) is 4.13. The number of halogens is 1. The molecule has 0 spiro atoms. The molecule has 0 amide bonds. The average Bonchev–Trinajstić information content (AvgIpc) is 2.58. The highest BCUT2D eigenvalue weighted by Crippen LogP contribution is 2.25. The van der Waals surface area contributed by atoms with E-state index in [0.717, 1.165) is 28.1 Å². The van der Waals surface area contributed by atoms with Crippen molar-refractivity contribution in [3.63, 3.8) is 0 Å². The standard InChI is InChI=1S/C18H17BrN4/c1-2-13-7-3-5-9-15(13)22-18-20-12-11-17(23-18)21-16-10-6-4-8-14(16)19/h3-12H,2H2,1H3,(H2,20,21,22,23). The van der Waals surface area contributed by atoms with Gasteiger partial charge in [-0.15, -0.1) is 0 Å². The summed E-state index contributed by atoms with van der Waals surface area (Å²) in [5.41, 5.74) is 3.24. The molecule has 2 N–H and O–H groups in total. The molecule has 23 heavy (non-hydrogen) atoms. The first-order valence-corrected chi connectivity index (χ1v) is 8.25. The number of para-hydroxylation sites is 2. The molecule has 3 aromatic rings. The van der Waals surface area contributed by atoms with Crippen LogP contribution in [0.4, 0.5) is 23.1 Å². The SMILES string of the molecule is CCc1ccccc1Nc1nccc(Nc2ccccc2Br)n1. The quantitative estimate of drug-likeness (QED) is 0.642. The van der Waals surface area contributed by atoms with Gasteiger partial charge in [0.05, 0.1) is 5.69 Å². The van der Waals surface area contributed by atoms with E-state index in [1.807, 2.05) is 48.5 Å². The summed E-state index contributed by atoms with van der Waals surface area (Å²) in [6.45, 7) is 2.13. The monoisotopic (exact) mass is 368 g/mol. The van der Waals surface area contributed by atoms with Crippen molar-refractivity contribution in [3.05, 3.63) is 70.8 Å². The zero-order valence-electron chi connectivity index (χ0n) is 12.8. The number of aromatic nitrogens is 2. The Labute approximate surface area is 144 Å². The lowest BCUT2D eigenvalue weighted by Gasteiger charge is -2.11. The van der Waals surface area contributed by atoms with Gasteiger partial charge < -0.3 is 10.6 Å². The van der Waals surface area contributed by atoms with Gasteiger partial charge in [0.15, 0.2) is 0 Å². The minimum atomic E-state index is 0.572. The lowest BCUT2D eigenvalue weighted by Crippen LogP contribution is -2.02. The lowest BCUT2D eigenvalue weighted by atomic mass is 10.1. The van der Waals surface area contributed by atoms with Crippen molar-refractivity contribution < 1.29 is 0 Å². The molecule has 0 unspecified atom stereocenters. The third kappa shape index (κ3) is 3.87. The fourth-order valence-corrected chi connectivity index (χ4v) is 2.64. The summed E-state index contributed by atoms with van der Waals surface area (Å²) in [7, 11) is 0. The van der Waals surface area contributed by atoms with Gasteiger partial charge in [0.1, 0.15) is 5.82 Å². The maximum Gasteiger partial charge on any atom is 0.229 e. The highest BCUT2D eigenvalue weighted by atomic mass is 79.9. The van der Waals surface area contributed by atoms with Gasteiger partial charge in [-0.25, -0.2) is 4.98 Å². The molecule has 0 saturated carbocycles. The Morgan fingerprint density at radius 3 is 2.43 bits per heavy atom. The molecule has 0 saturated heterocycles. The van der Waals surface area contributed by atoms with Crippen LogP contribution in [0.3, 0.4) is 0 Å². The van der Waals surface area contributed by atoms with Crippen LogP contribution in [0.25, 0.3) is 0 Å². The molecule has 3 rings (SSSR count). The Morgan fingerprint density at radius 2 is 1.65 bits per heavy atom. The number of nitrogens with one attached hydrogen (secondary N) is 2. The van der Waals surface area contributed by atoms with Crippen LogP contribution in [0.15, 0.2) is 65.3 Å². The van der Waals surface area contributed by atoms with Gasteiger partial charge in [-0.2, -0.15) is 4.98 Å². The maximum absolute atomic E-state index is 4.53. The van der Waals surface area contributed by atoms with Crippen LogP contribution in [-0.4, -0.2) is 9.97 Å². The van der Waals surface area contributed by atoms with Crippen LogP contribution in [0.1, 0.15) is 12.5 Å². The van der Waals surface area contributed by atoms with Crippen LogP contribution in [0.2, 0.25) is 0 Å². The van der Waals surface area contributed by atoms with Crippen LogP contribution in [0, 0.1) is 0 Å². The van der Waals surface area contributed by atoms with E-state index in [0.29, 0.717) is 5.95 Å². The number of hydrogen-bond acceptors (Lipinski definition) is 4. The van der Waals surface area contributed by atoms with Crippen molar-refractivity contribution in [2.45, 2.75) is 13.3 Å². The largest absolute Gasteiger partial charge is 0.339 e. The number of aryl methyl sites for hydroxylation is 1. The maximum atomic E-state index is 4.53. The second-order valence-corrected chi connectivity index (χ2v) is 5.86. The summed E-state index contributed by atoms with van der Waals surface area (Å²) >= 11 is 3.52. The molecule has 0 aliphatic rings. The predicted octanol–water partition coefficient (Wildman–Crippen LogP) is 5.29. The van der Waals surface area contributed by atoms with Crippen LogP contribution in [0.5, 0.6) is 0 Å². The van der Waals surface area contributed by atoms with Gasteiger partial charge in [0, 0.05) is 16.4 Å². The molecule has 0 aliphatic heterocycles. The number of anilines is 4. The average molecular weight is 369 g/mol. The van der Waals surface area contributed by atoms with Crippen molar-refractivity contribution in [3.8, 4) is 0 Å². The predicted molar refractivity (Wildman–Crippen MR) is 98.6 cm³/mol. The number of nitrogens with zero attached hydrogens (tertiary/aromatic N) is 2. The Morgan fingerprint density at radius 1 is 0.913 bits per heavy atom. The Bertz CT molecular complexity index is 804. The minimum Gasteiger partial charge on any atom is -0.339 e. The Hall–Kier alpha value is -2.40. The van der Waals surface area contributed by atoms with E-state index in [1.165, 1.54) is 5.56 Å². The first kappa shape index (κ1) is 15.5. The summed E-state index contributed by atoms with van der Waals surface area (Å²) < 4.78 is 0.990. The van der Waals surface area contributed by atoms with Gasteiger partial charge in [-0.3, -0.25) is 0 Å². The van der Waals surface area contributed by atoms with Gasteiger partial charge >= 0.3 is 0 Å². The highest BCUT2D eigenvalue weighted by molar-refractivity contribution is 9.10. The minimum absolute atomic E-state index is 0.572. The Kier molecular flexibility index (Phi) is 4.88. The van der Waals surface area contributed by atoms with Gasteiger partial charge in [0.25, 0.3) is 0 Å². The molecule has 0 bridgehead atoms. The summed E-state index contributed by atoms with van der Waals surface area (Å²) in [6, 6.07) is 18.0. The second-order valence-electron chi connectivity index (χ2n) is 5.01. The molecule has 0 aliphatic carbocycles. The van der Waals surface area contributed by atoms with Crippen LogP contribution >= 0.6 is 15.9 Å². The van der Waals surface area contributed by atoms with E-state index in [2.05, 4.69) is 49.5 Å². The van der Waals surface area contributed by atoms with Crippen LogP contribution in [-0.2, 0) is 6.42 Å². The van der Waals surface area contributed by atoms with Crippen molar-refractivity contribution in [1.82, 2.24) is 9.97 Å². The smallest absolute Gasteiger partial charge is 0.229 e. The lowest BCUT2D eigenvalue weighted by molar-refractivity contribution is 1.12. The molecule has 1 aromatic heterocycles. The molecular formula is C18H17BrN4. The molecule has 116 valence electrons. The van der Waals surface area contributed by atoms with Crippen molar-refractivity contribution in [2.24, 2.45) is 0 Å². The number of hydrogen-bond donors (Lipinski definition) is 2. The molecule has 0 radical (unpaired) electrons. The van der Waals surface area contributed by atoms with Crippen molar-refractivity contribution >= 4 is 39.1 Å². The summed E-state index contributed by atoms with van der Waals surface area (Å²) in [5, 5.41) is 6.58. The summed E-state index contributed by atoms with van der Waals surface area (Å²) in [5.74, 6) is 1.31. The van der Waals surface area contributed by atoms with Crippen molar-refractivity contribution in [2.75, 3.05) is 10.6 Å². The number of benzene rings is 2. The molecule has 5 heteroatoms. The fraction of sp³-hybridized carbons (Fsp3) is 0.111. The topological polar surface area (TPSA) is 49.8 Å². The molecular weight excluding hydrogens is 352 g/mol. The zero-order valence-corrected chi connectivity index (χ0v) is 14.3. The molecule has 0 fully saturated rings. The highest BCUT2D eigenvalue weighted by Gasteiger charge is 2.05. The van der Waals surface area contributed by atoms with Crippen LogP contribution < -0.4 is 10.6 Å².